The van der Waals surface area contributed by atoms with Crippen LogP contribution in [0, 0.1) is 0 Å². The number of benzene rings is 1. The Morgan fingerprint density at radius 2 is 1.72 bits per heavy atom. The lowest BCUT2D eigenvalue weighted by Crippen LogP contribution is -2.25. The molecule has 0 atom stereocenters. The molecule has 0 heterocycles. The largest absolute Gasteiger partial charge is 0.440 e. The molecule has 18 heavy (non-hydrogen) atoms. The van der Waals surface area contributed by atoms with Crippen LogP contribution in [0.2, 0.25) is 0 Å². The van der Waals surface area contributed by atoms with Crippen LogP contribution in [-0.4, -0.2) is 25.5 Å². The average Bonchev–Trinajstić information content (AvgIpc) is 2.39. The SMILES string of the molecule is CCOC(OCC)Oc1ccccc1C(=O)CC. The fraction of sp³-hybridized carbons (Fsp3) is 0.500. The number of rotatable bonds is 8. The molecule has 0 bridgehead atoms. The van der Waals surface area contributed by atoms with Crippen LogP contribution >= 0.6 is 0 Å². The smallest absolute Gasteiger partial charge is 0.315 e. The molecule has 4 nitrogen and oxygen atoms in total. The summed E-state index contributed by atoms with van der Waals surface area (Å²) in [5.41, 5.74) is 0.560. The van der Waals surface area contributed by atoms with Crippen molar-refractivity contribution in [3.8, 4) is 5.75 Å². The van der Waals surface area contributed by atoms with Crippen molar-refractivity contribution >= 4 is 5.78 Å². The second-order valence-corrected chi connectivity index (χ2v) is 3.59. The molecule has 0 aliphatic rings. The van der Waals surface area contributed by atoms with Crippen molar-refractivity contribution in [2.45, 2.75) is 33.7 Å². The number of Topliss-reactive ketones (excluding diaryl/α,β-unsaturated/α-hetero) is 1. The summed E-state index contributed by atoms with van der Waals surface area (Å²) in [6.07, 6.45) is 0.439. The van der Waals surface area contributed by atoms with E-state index in [1.54, 1.807) is 12.1 Å². The van der Waals surface area contributed by atoms with Gasteiger partial charge in [0, 0.05) is 6.42 Å². The zero-order valence-corrected chi connectivity index (χ0v) is 11.1. The third kappa shape index (κ3) is 4.13. The fourth-order valence-corrected chi connectivity index (χ4v) is 1.48. The molecule has 0 saturated heterocycles. The molecule has 1 rings (SSSR count). The molecule has 4 heteroatoms. The normalized spacial score (nSPS) is 10.7. The van der Waals surface area contributed by atoms with E-state index in [1.165, 1.54) is 0 Å². The Morgan fingerprint density at radius 3 is 2.28 bits per heavy atom. The van der Waals surface area contributed by atoms with E-state index < -0.39 is 6.48 Å². The topological polar surface area (TPSA) is 44.8 Å². The number of para-hydroxylation sites is 1. The quantitative estimate of drug-likeness (QED) is 0.527. The molecule has 0 unspecified atom stereocenters. The van der Waals surface area contributed by atoms with Crippen molar-refractivity contribution < 1.29 is 19.0 Å². The minimum Gasteiger partial charge on any atom is -0.440 e. The van der Waals surface area contributed by atoms with E-state index in [0.717, 1.165) is 0 Å². The Kier molecular flexibility index (Phi) is 6.39. The van der Waals surface area contributed by atoms with Gasteiger partial charge in [0.05, 0.1) is 18.8 Å². The summed E-state index contributed by atoms with van der Waals surface area (Å²) in [7, 11) is 0. The maximum atomic E-state index is 11.8. The van der Waals surface area contributed by atoms with Crippen molar-refractivity contribution in [3.05, 3.63) is 29.8 Å². The van der Waals surface area contributed by atoms with E-state index in [1.807, 2.05) is 32.9 Å². The monoisotopic (exact) mass is 252 g/mol. The average molecular weight is 252 g/mol. The lowest BCUT2D eigenvalue weighted by atomic mass is 10.1. The minimum atomic E-state index is -0.772. The second-order valence-electron chi connectivity index (χ2n) is 3.59. The van der Waals surface area contributed by atoms with Crippen LogP contribution in [0.15, 0.2) is 24.3 Å². The first-order valence-electron chi connectivity index (χ1n) is 6.24. The summed E-state index contributed by atoms with van der Waals surface area (Å²) in [6, 6.07) is 7.12. The Hall–Kier alpha value is -1.39. The molecule has 0 spiro atoms. The van der Waals surface area contributed by atoms with Crippen molar-refractivity contribution in [1.29, 1.82) is 0 Å². The summed E-state index contributed by atoms with van der Waals surface area (Å²) in [6.45, 7) is 5.73. The Balaban J connectivity index is 2.84. The number of carbonyl (C=O) groups is 1. The van der Waals surface area contributed by atoms with Gasteiger partial charge >= 0.3 is 6.48 Å². The zero-order valence-electron chi connectivity index (χ0n) is 11.1. The Labute approximate surface area is 108 Å². The molecular formula is C14H20O4. The number of ether oxygens (including phenoxy) is 3. The van der Waals surface area contributed by atoms with Gasteiger partial charge in [-0.1, -0.05) is 19.1 Å². The number of carbonyl (C=O) groups excluding carboxylic acids is 1. The first-order valence-corrected chi connectivity index (χ1v) is 6.24. The highest BCUT2D eigenvalue weighted by Gasteiger charge is 2.15. The van der Waals surface area contributed by atoms with Crippen molar-refractivity contribution in [2.75, 3.05) is 13.2 Å². The highest BCUT2D eigenvalue weighted by molar-refractivity contribution is 5.98. The maximum absolute atomic E-state index is 11.8. The molecule has 0 radical (unpaired) electrons. The zero-order chi connectivity index (χ0) is 13.4. The van der Waals surface area contributed by atoms with E-state index >= 15 is 0 Å². The Morgan fingerprint density at radius 1 is 1.11 bits per heavy atom. The minimum absolute atomic E-state index is 0.0392. The third-order valence-corrected chi connectivity index (χ3v) is 2.34. The first-order chi connectivity index (χ1) is 8.72. The molecule has 0 fully saturated rings. The molecule has 1 aromatic rings. The number of hydrogen-bond acceptors (Lipinski definition) is 4. The molecule has 0 N–H and O–H groups in total. The van der Waals surface area contributed by atoms with Crippen LogP contribution in [0.5, 0.6) is 5.75 Å². The number of ketones is 1. The standard InChI is InChI=1S/C14H20O4/c1-4-12(15)11-9-7-8-10-13(11)18-14(16-5-2)17-6-3/h7-10,14H,4-6H2,1-3H3. The van der Waals surface area contributed by atoms with Gasteiger partial charge in [-0.25, -0.2) is 0 Å². The van der Waals surface area contributed by atoms with E-state index in [2.05, 4.69) is 0 Å². The lowest BCUT2D eigenvalue weighted by molar-refractivity contribution is -0.242. The molecular weight excluding hydrogens is 232 g/mol. The predicted octanol–water partition coefficient (Wildman–Crippen LogP) is 3.01. The van der Waals surface area contributed by atoms with Crippen LogP contribution in [0.4, 0.5) is 0 Å². The van der Waals surface area contributed by atoms with Crippen molar-refractivity contribution in [1.82, 2.24) is 0 Å². The van der Waals surface area contributed by atoms with Crippen molar-refractivity contribution in [2.24, 2.45) is 0 Å². The van der Waals surface area contributed by atoms with E-state index in [9.17, 15) is 4.79 Å². The highest BCUT2D eigenvalue weighted by Crippen LogP contribution is 2.21. The molecule has 0 aromatic heterocycles. The van der Waals surface area contributed by atoms with Crippen LogP contribution in [0.3, 0.4) is 0 Å². The molecule has 0 aliphatic carbocycles. The van der Waals surface area contributed by atoms with Gasteiger partial charge in [-0.2, -0.15) is 0 Å². The Bertz CT molecular complexity index is 370. The molecule has 0 saturated carbocycles. The summed E-state index contributed by atoms with van der Waals surface area (Å²) in [4.78, 5) is 11.8. The maximum Gasteiger partial charge on any atom is 0.315 e. The van der Waals surface area contributed by atoms with E-state index in [-0.39, 0.29) is 5.78 Å². The van der Waals surface area contributed by atoms with Gasteiger partial charge < -0.3 is 14.2 Å². The number of hydrogen-bond donors (Lipinski definition) is 0. The van der Waals surface area contributed by atoms with Gasteiger partial charge in [-0.15, -0.1) is 0 Å². The van der Waals surface area contributed by atoms with Crippen LogP contribution in [-0.2, 0) is 9.47 Å². The molecule has 1 aromatic carbocycles. The van der Waals surface area contributed by atoms with Gasteiger partial charge in [0.1, 0.15) is 5.75 Å². The summed E-state index contributed by atoms with van der Waals surface area (Å²) >= 11 is 0. The van der Waals surface area contributed by atoms with Crippen LogP contribution in [0.1, 0.15) is 37.6 Å². The summed E-state index contributed by atoms with van der Waals surface area (Å²) < 4.78 is 16.2. The van der Waals surface area contributed by atoms with Crippen molar-refractivity contribution in [3.63, 3.8) is 0 Å². The van der Waals surface area contributed by atoms with Gasteiger partial charge in [0.2, 0.25) is 0 Å². The summed E-state index contributed by atoms with van der Waals surface area (Å²) in [5, 5.41) is 0. The van der Waals surface area contributed by atoms with Crippen LogP contribution < -0.4 is 4.74 Å². The molecule has 0 aliphatic heterocycles. The first kappa shape index (κ1) is 14.7. The third-order valence-electron chi connectivity index (χ3n) is 2.34. The lowest BCUT2D eigenvalue weighted by Gasteiger charge is -2.19. The van der Waals surface area contributed by atoms with E-state index in [0.29, 0.717) is 30.9 Å². The second kappa shape index (κ2) is 7.84. The highest BCUT2D eigenvalue weighted by atomic mass is 16.8. The van der Waals surface area contributed by atoms with Gasteiger partial charge in [0.25, 0.3) is 0 Å². The fourth-order valence-electron chi connectivity index (χ4n) is 1.48. The van der Waals surface area contributed by atoms with Crippen LogP contribution in [0.25, 0.3) is 0 Å². The molecule has 100 valence electrons. The van der Waals surface area contributed by atoms with Gasteiger partial charge in [-0.3, -0.25) is 4.79 Å². The summed E-state index contributed by atoms with van der Waals surface area (Å²) in [5.74, 6) is 0.536. The van der Waals surface area contributed by atoms with Gasteiger partial charge in [-0.05, 0) is 26.0 Å². The van der Waals surface area contributed by atoms with Gasteiger partial charge in [0.15, 0.2) is 5.78 Å². The van der Waals surface area contributed by atoms with E-state index in [4.69, 9.17) is 14.2 Å². The molecule has 0 amide bonds. The predicted molar refractivity (Wildman–Crippen MR) is 68.7 cm³/mol.